The molecule has 4 atom stereocenters. The molecule has 0 saturated carbocycles. The highest BCUT2D eigenvalue weighted by Gasteiger charge is 2.38. The summed E-state index contributed by atoms with van der Waals surface area (Å²) in [7, 11) is 0. The van der Waals surface area contributed by atoms with E-state index in [0.29, 0.717) is 31.4 Å². The molecule has 0 spiro atoms. The van der Waals surface area contributed by atoms with Crippen LogP contribution in [0.5, 0.6) is 5.75 Å². The van der Waals surface area contributed by atoms with Gasteiger partial charge in [-0.25, -0.2) is 4.79 Å². The predicted octanol–water partition coefficient (Wildman–Crippen LogP) is -1.09. The van der Waals surface area contributed by atoms with Gasteiger partial charge in [-0.3, -0.25) is 19.2 Å². The van der Waals surface area contributed by atoms with Gasteiger partial charge in [0.1, 0.15) is 23.9 Å². The zero-order chi connectivity index (χ0) is 27.5. The molecule has 13 heteroatoms. The van der Waals surface area contributed by atoms with E-state index in [9.17, 15) is 39.3 Å². The van der Waals surface area contributed by atoms with Gasteiger partial charge in [-0.1, -0.05) is 18.6 Å². The summed E-state index contributed by atoms with van der Waals surface area (Å²) in [4.78, 5) is 63.2. The van der Waals surface area contributed by atoms with E-state index in [1.54, 1.807) is 0 Å². The molecule has 0 bridgehead atoms. The summed E-state index contributed by atoms with van der Waals surface area (Å²) in [5, 5.41) is 33.2. The highest BCUT2D eigenvalue weighted by atomic mass is 16.4. The van der Waals surface area contributed by atoms with Crippen molar-refractivity contribution in [1.82, 2.24) is 15.5 Å². The first-order chi connectivity index (χ1) is 17.5. The number of nitrogens with one attached hydrogen (secondary N) is 2. The molecule has 37 heavy (non-hydrogen) atoms. The second-order valence-corrected chi connectivity index (χ2v) is 9.01. The molecule has 2 rings (SSSR count). The Hall–Kier alpha value is -3.71. The van der Waals surface area contributed by atoms with Crippen LogP contribution in [-0.4, -0.2) is 87.1 Å². The highest BCUT2D eigenvalue weighted by Crippen LogP contribution is 2.20. The number of benzene rings is 1. The van der Waals surface area contributed by atoms with Gasteiger partial charge in [0.05, 0.1) is 12.5 Å². The molecule has 0 radical (unpaired) electrons. The summed E-state index contributed by atoms with van der Waals surface area (Å²) >= 11 is 0. The molecule has 204 valence electrons. The van der Waals surface area contributed by atoms with Gasteiger partial charge in [-0.2, -0.15) is 0 Å². The van der Waals surface area contributed by atoms with Crippen molar-refractivity contribution in [3.8, 4) is 5.75 Å². The number of hydrogen-bond acceptors (Lipinski definition) is 8. The second kappa shape index (κ2) is 14.1. The summed E-state index contributed by atoms with van der Waals surface area (Å²) in [6, 6.07) is 1.08. The zero-order valence-corrected chi connectivity index (χ0v) is 20.5. The SMILES string of the molecule is NCCCCC(N)C(=O)NC(CC(=O)O)C(=O)NC(Cc1ccc(O)cc1)C(=O)N1CCCC1C(=O)O. The third-order valence-corrected chi connectivity index (χ3v) is 6.13. The minimum absolute atomic E-state index is 0.00631. The van der Waals surface area contributed by atoms with E-state index in [-0.39, 0.29) is 31.6 Å². The highest BCUT2D eigenvalue weighted by molar-refractivity contribution is 5.95. The van der Waals surface area contributed by atoms with Crippen molar-refractivity contribution < 1.29 is 39.3 Å². The Labute approximate surface area is 214 Å². The molecule has 13 nitrogen and oxygen atoms in total. The maximum Gasteiger partial charge on any atom is 0.326 e. The normalized spacial score (nSPS) is 17.5. The van der Waals surface area contributed by atoms with E-state index >= 15 is 0 Å². The fourth-order valence-electron chi connectivity index (χ4n) is 4.13. The Bertz CT molecular complexity index is 970. The molecular formula is C24H35N5O8. The van der Waals surface area contributed by atoms with E-state index in [0.717, 1.165) is 0 Å². The number of carboxylic acid groups (broad SMARTS) is 2. The van der Waals surface area contributed by atoms with Crippen LogP contribution in [0.25, 0.3) is 0 Å². The topological polar surface area (TPSA) is 225 Å². The third kappa shape index (κ3) is 9.03. The molecular weight excluding hydrogens is 486 g/mol. The smallest absolute Gasteiger partial charge is 0.326 e. The van der Waals surface area contributed by atoms with Crippen LogP contribution in [0.4, 0.5) is 0 Å². The molecule has 0 aromatic heterocycles. The maximum atomic E-state index is 13.4. The fourth-order valence-corrected chi connectivity index (χ4v) is 4.13. The minimum atomic E-state index is -1.52. The molecule has 1 aromatic rings. The lowest BCUT2D eigenvalue weighted by molar-refractivity contribution is -0.149. The fraction of sp³-hybridized carbons (Fsp3) is 0.542. The first-order valence-corrected chi connectivity index (χ1v) is 12.1. The van der Waals surface area contributed by atoms with Crippen LogP contribution in [0.15, 0.2) is 24.3 Å². The van der Waals surface area contributed by atoms with Gasteiger partial charge in [-0.05, 0) is 49.9 Å². The zero-order valence-electron chi connectivity index (χ0n) is 20.5. The molecule has 4 unspecified atom stereocenters. The van der Waals surface area contributed by atoms with Crippen molar-refractivity contribution in [2.75, 3.05) is 13.1 Å². The monoisotopic (exact) mass is 521 g/mol. The van der Waals surface area contributed by atoms with Crippen molar-refractivity contribution in [2.24, 2.45) is 11.5 Å². The second-order valence-electron chi connectivity index (χ2n) is 9.01. The van der Waals surface area contributed by atoms with Crippen molar-refractivity contribution in [1.29, 1.82) is 0 Å². The van der Waals surface area contributed by atoms with E-state index in [2.05, 4.69) is 10.6 Å². The lowest BCUT2D eigenvalue weighted by Gasteiger charge is -2.29. The van der Waals surface area contributed by atoms with Crippen LogP contribution >= 0.6 is 0 Å². The van der Waals surface area contributed by atoms with Gasteiger partial charge in [0.2, 0.25) is 17.7 Å². The number of likely N-dealkylation sites (tertiary alicyclic amines) is 1. The van der Waals surface area contributed by atoms with Gasteiger partial charge in [0.15, 0.2) is 0 Å². The Morgan fingerprint density at radius 1 is 1.00 bits per heavy atom. The number of aromatic hydroxyl groups is 1. The van der Waals surface area contributed by atoms with Crippen molar-refractivity contribution in [2.45, 2.75) is 69.1 Å². The lowest BCUT2D eigenvalue weighted by Crippen LogP contribution is -2.58. The summed E-state index contributed by atoms with van der Waals surface area (Å²) in [6.45, 7) is 0.610. The Kier molecular flexibility index (Phi) is 11.3. The minimum Gasteiger partial charge on any atom is -0.508 e. The van der Waals surface area contributed by atoms with Gasteiger partial charge >= 0.3 is 11.9 Å². The van der Waals surface area contributed by atoms with E-state index in [1.165, 1.54) is 29.2 Å². The number of nitrogens with zero attached hydrogens (tertiary/aromatic N) is 1. The molecule has 3 amide bonds. The Balaban J connectivity index is 2.23. The number of carbonyl (C=O) groups excluding carboxylic acids is 3. The molecule has 1 aliphatic rings. The summed E-state index contributed by atoms with van der Waals surface area (Å²) in [6.07, 6.45) is 1.44. The third-order valence-electron chi connectivity index (χ3n) is 6.13. The van der Waals surface area contributed by atoms with Crippen LogP contribution in [-0.2, 0) is 30.4 Å². The molecule has 0 aliphatic carbocycles. The molecule has 1 fully saturated rings. The van der Waals surface area contributed by atoms with Crippen LogP contribution in [0.2, 0.25) is 0 Å². The number of nitrogens with two attached hydrogens (primary N) is 2. The average molecular weight is 522 g/mol. The number of carbonyl (C=O) groups is 5. The van der Waals surface area contributed by atoms with Crippen LogP contribution in [0.3, 0.4) is 0 Å². The Morgan fingerprint density at radius 3 is 2.24 bits per heavy atom. The van der Waals surface area contributed by atoms with Gasteiger partial charge in [0, 0.05) is 13.0 Å². The number of phenols is 1. The molecule has 1 aliphatic heterocycles. The first-order valence-electron chi connectivity index (χ1n) is 12.1. The van der Waals surface area contributed by atoms with Gasteiger partial charge in [-0.15, -0.1) is 0 Å². The van der Waals surface area contributed by atoms with Gasteiger partial charge in [0.25, 0.3) is 0 Å². The van der Waals surface area contributed by atoms with E-state index in [4.69, 9.17) is 11.5 Å². The summed E-state index contributed by atoms with van der Waals surface area (Å²) < 4.78 is 0. The number of hydrogen-bond donors (Lipinski definition) is 7. The van der Waals surface area contributed by atoms with Crippen molar-refractivity contribution in [3.63, 3.8) is 0 Å². The van der Waals surface area contributed by atoms with Crippen LogP contribution < -0.4 is 22.1 Å². The number of carboxylic acids is 2. The summed E-state index contributed by atoms with van der Waals surface area (Å²) in [5.74, 6) is -4.82. The van der Waals surface area contributed by atoms with Crippen molar-refractivity contribution >= 4 is 29.7 Å². The van der Waals surface area contributed by atoms with Crippen molar-refractivity contribution in [3.05, 3.63) is 29.8 Å². The number of phenolic OH excluding ortho intramolecular Hbond substituents is 1. The van der Waals surface area contributed by atoms with Crippen LogP contribution in [0, 0.1) is 0 Å². The van der Waals surface area contributed by atoms with E-state index in [1.807, 2.05) is 0 Å². The lowest BCUT2D eigenvalue weighted by atomic mass is 10.0. The standard InChI is InChI=1S/C24H35N5O8/c25-10-2-1-4-16(26)21(33)27-17(13-20(31)32)22(34)28-18(12-14-6-8-15(30)9-7-14)23(35)29-11-3-5-19(29)24(36)37/h6-9,16-19,30H,1-5,10-13,25-26H2,(H,27,33)(H,28,34)(H,31,32)(H,36,37). The first kappa shape index (κ1) is 29.5. The summed E-state index contributed by atoms with van der Waals surface area (Å²) in [5.41, 5.74) is 11.9. The van der Waals surface area contributed by atoms with Crippen LogP contribution in [0.1, 0.15) is 44.1 Å². The Morgan fingerprint density at radius 2 is 1.65 bits per heavy atom. The molecule has 1 heterocycles. The molecule has 1 aromatic carbocycles. The quantitative estimate of drug-likeness (QED) is 0.146. The number of aliphatic carboxylic acids is 2. The number of rotatable bonds is 14. The maximum absolute atomic E-state index is 13.4. The van der Waals surface area contributed by atoms with E-state index < -0.39 is 60.2 Å². The number of unbranched alkanes of at least 4 members (excludes halogenated alkanes) is 1. The molecule has 1 saturated heterocycles. The number of amides is 3. The predicted molar refractivity (Wildman–Crippen MR) is 131 cm³/mol. The average Bonchev–Trinajstić information content (AvgIpc) is 3.34. The largest absolute Gasteiger partial charge is 0.508 e. The van der Waals surface area contributed by atoms with Gasteiger partial charge < -0.3 is 42.3 Å². The molecule has 9 N–H and O–H groups in total.